The highest BCUT2D eigenvalue weighted by molar-refractivity contribution is 5.57. The van der Waals surface area contributed by atoms with Crippen molar-refractivity contribution in [1.82, 2.24) is 29.5 Å². The van der Waals surface area contributed by atoms with Gasteiger partial charge in [-0.05, 0) is 38.2 Å². The highest BCUT2D eigenvalue weighted by atomic mass is 15.2. The lowest BCUT2D eigenvalue weighted by Crippen LogP contribution is -2.37. The van der Waals surface area contributed by atoms with Crippen LogP contribution < -0.4 is 4.90 Å². The molecule has 26 heavy (non-hydrogen) atoms. The van der Waals surface area contributed by atoms with Crippen molar-refractivity contribution in [3.8, 4) is 11.4 Å². The smallest absolute Gasteiger partial charge is 0.131 e. The van der Waals surface area contributed by atoms with E-state index in [1.54, 1.807) is 24.9 Å². The van der Waals surface area contributed by atoms with Crippen molar-refractivity contribution in [1.29, 1.82) is 0 Å². The van der Waals surface area contributed by atoms with Gasteiger partial charge in [-0.3, -0.25) is 9.97 Å². The molecule has 1 aliphatic heterocycles. The molecular formula is C19H23N7. The molecule has 0 aliphatic carbocycles. The molecule has 3 aromatic rings. The molecule has 7 heteroatoms. The summed E-state index contributed by atoms with van der Waals surface area (Å²) >= 11 is 0. The van der Waals surface area contributed by atoms with E-state index >= 15 is 0 Å². The van der Waals surface area contributed by atoms with Crippen molar-refractivity contribution < 1.29 is 0 Å². The lowest BCUT2D eigenvalue weighted by molar-refractivity contribution is 0.408. The molecular weight excluding hydrogens is 326 g/mol. The first-order valence-electron chi connectivity index (χ1n) is 9.02. The monoisotopic (exact) mass is 349 g/mol. The van der Waals surface area contributed by atoms with Crippen LogP contribution >= 0.6 is 0 Å². The molecule has 4 rings (SSSR count). The fourth-order valence-corrected chi connectivity index (χ4v) is 3.64. The minimum Gasteiger partial charge on any atom is -0.356 e. The number of imidazole rings is 1. The molecule has 0 amide bonds. The van der Waals surface area contributed by atoms with Crippen LogP contribution in [-0.2, 0) is 13.5 Å². The maximum absolute atomic E-state index is 4.65. The van der Waals surface area contributed by atoms with E-state index in [1.807, 2.05) is 26.2 Å². The highest BCUT2D eigenvalue weighted by Crippen LogP contribution is 2.27. The Morgan fingerprint density at radius 3 is 2.77 bits per heavy atom. The summed E-state index contributed by atoms with van der Waals surface area (Å²) < 4.78 is 2.07. The van der Waals surface area contributed by atoms with E-state index < -0.39 is 0 Å². The summed E-state index contributed by atoms with van der Waals surface area (Å²) in [5.74, 6) is 2.51. The van der Waals surface area contributed by atoms with E-state index in [1.165, 1.54) is 6.42 Å². The SMILES string of the molecule is Cc1ncc(-c2nccnc2C[C@@H]2CCCN(c3ccncn3)C2)n1C. The van der Waals surface area contributed by atoms with Gasteiger partial charge in [0.05, 0.1) is 17.6 Å². The minimum atomic E-state index is 0.531. The van der Waals surface area contributed by atoms with Crippen molar-refractivity contribution >= 4 is 5.82 Å². The first kappa shape index (κ1) is 16.6. The molecule has 1 saturated heterocycles. The van der Waals surface area contributed by atoms with Gasteiger partial charge in [-0.1, -0.05) is 0 Å². The quantitative estimate of drug-likeness (QED) is 0.720. The Morgan fingerprint density at radius 2 is 2.00 bits per heavy atom. The largest absolute Gasteiger partial charge is 0.356 e. The molecule has 1 atom stereocenters. The van der Waals surface area contributed by atoms with Crippen LogP contribution in [0.15, 0.2) is 37.2 Å². The van der Waals surface area contributed by atoms with E-state index in [0.29, 0.717) is 5.92 Å². The molecule has 7 nitrogen and oxygen atoms in total. The average Bonchev–Trinajstić information content (AvgIpc) is 3.02. The third-order valence-corrected chi connectivity index (χ3v) is 5.13. The van der Waals surface area contributed by atoms with Gasteiger partial charge >= 0.3 is 0 Å². The van der Waals surface area contributed by atoms with Crippen LogP contribution in [0.1, 0.15) is 24.4 Å². The molecule has 0 radical (unpaired) electrons. The van der Waals surface area contributed by atoms with E-state index in [-0.39, 0.29) is 0 Å². The number of rotatable bonds is 4. The van der Waals surface area contributed by atoms with E-state index in [4.69, 9.17) is 0 Å². The first-order chi connectivity index (χ1) is 12.7. The molecule has 0 spiro atoms. The fourth-order valence-electron chi connectivity index (χ4n) is 3.64. The van der Waals surface area contributed by atoms with Gasteiger partial charge in [-0.2, -0.15) is 0 Å². The molecule has 0 unspecified atom stereocenters. The Balaban J connectivity index is 1.55. The number of anilines is 1. The second-order valence-electron chi connectivity index (χ2n) is 6.83. The minimum absolute atomic E-state index is 0.531. The van der Waals surface area contributed by atoms with E-state index in [2.05, 4.69) is 34.4 Å². The average molecular weight is 349 g/mol. The predicted octanol–water partition coefficient (Wildman–Crippen LogP) is 2.43. The van der Waals surface area contributed by atoms with Crippen molar-refractivity contribution in [2.24, 2.45) is 13.0 Å². The topological polar surface area (TPSA) is 72.6 Å². The molecule has 0 saturated carbocycles. The van der Waals surface area contributed by atoms with Crippen LogP contribution in [0.25, 0.3) is 11.4 Å². The van der Waals surface area contributed by atoms with Crippen LogP contribution in [0.2, 0.25) is 0 Å². The summed E-state index contributed by atoms with van der Waals surface area (Å²) in [5.41, 5.74) is 3.01. The Hall–Kier alpha value is -2.83. The molecule has 0 N–H and O–H groups in total. The van der Waals surface area contributed by atoms with Gasteiger partial charge in [0.15, 0.2) is 0 Å². The Morgan fingerprint density at radius 1 is 1.12 bits per heavy atom. The van der Waals surface area contributed by atoms with Crippen molar-refractivity contribution in [2.45, 2.75) is 26.2 Å². The van der Waals surface area contributed by atoms with Crippen LogP contribution in [0.5, 0.6) is 0 Å². The van der Waals surface area contributed by atoms with Gasteiger partial charge in [0.25, 0.3) is 0 Å². The number of nitrogens with zero attached hydrogens (tertiary/aromatic N) is 7. The first-order valence-corrected chi connectivity index (χ1v) is 9.02. The van der Waals surface area contributed by atoms with Crippen LogP contribution in [0, 0.1) is 12.8 Å². The molecule has 0 aromatic carbocycles. The number of piperidine rings is 1. The van der Waals surface area contributed by atoms with Gasteiger partial charge in [0, 0.05) is 38.7 Å². The van der Waals surface area contributed by atoms with Gasteiger partial charge < -0.3 is 9.47 Å². The van der Waals surface area contributed by atoms with Crippen molar-refractivity contribution in [3.05, 3.63) is 48.7 Å². The third kappa shape index (κ3) is 3.29. The van der Waals surface area contributed by atoms with Gasteiger partial charge in [-0.25, -0.2) is 15.0 Å². The van der Waals surface area contributed by atoms with Crippen molar-refractivity contribution in [3.63, 3.8) is 0 Å². The lowest BCUT2D eigenvalue weighted by atomic mass is 9.92. The molecule has 1 fully saturated rings. The Bertz CT molecular complexity index is 875. The summed E-state index contributed by atoms with van der Waals surface area (Å²) in [4.78, 5) is 24.4. The normalized spacial score (nSPS) is 17.5. The maximum atomic E-state index is 4.65. The summed E-state index contributed by atoms with van der Waals surface area (Å²) in [6, 6.07) is 1.98. The zero-order chi connectivity index (χ0) is 17.9. The lowest BCUT2D eigenvalue weighted by Gasteiger charge is -2.33. The van der Waals surface area contributed by atoms with Crippen LogP contribution in [-0.4, -0.2) is 42.6 Å². The summed E-state index contributed by atoms with van der Waals surface area (Å²) in [5, 5.41) is 0. The zero-order valence-electron chi connectivity index (χ0n) is 15.2. The van der Waals surface area contributed by atoms with Gasteiger partial charge in [0.1, 0.15) is 23.7 Å². The van der Waals surface area contributed by atoms with Gasteiger partial charge in [-0.15, -0.1) is 0 Å². The number of aryl methyl sites for hydroxylation is 1. The van der Waals surface area contributed by atoms with Crippen molar-refractivity contribution in [2.75, 3.05) is 18.0 Å². The summed E-state index contributed by atoms with van der Waals surface area (Å²) in [6.07, 6.45) is 12.1. The molecule has 1 aliphatic rings. The summed E-state index contributed by atoms with van der Waals surface area (Å²) in [7, 11) is 2.02. The van der Waals surface area contributed by atoms with Crippen LogP contribution in [0.3, 0.4) is 0 Å². The standard InChI is InChI=1S/C19H23N7/c1-14-23-11-17(25(14)2)19-16(21-7-8-22-19)10-15-4-3-9-26(12-15)18-5-6-20-13-24-18/h5-8,11,13,15H,3-4,9-10,12H2,1-2H3/t15-/m0/s1. The Labute approximate surface area is 153 Å². The summed E-state index contributed by atoms with van der Waals surface area (Å²) in [6.45, 7) is 4.03. The molecule has 0 bridgehead atoms. The fraction of sp³-hybridized carbons (Fsp3) is 0.421. The maximum Gasteiger partial charge on any atom is 0.131 e. The Kier molecular flexibility index (Phi) is 4.60. The molecule has 4 heterocycles. The second kappa shape index (κ2) is 7.19. The highest BCUT2D eigenvalue weighted by Gasteiger charge is 2.23. The van der Waals surface area contributed by atoms with E-state index in [9.17, 15) is 0 Å². The molecule has 3 aromatic heterocycles. The zero-order valence-corrected chi connectivity index (χ0v) is 15.2. The number of hydrogen-bond donors (Lipinski definition) is 0. The van der Waals surface area contributed by atoms with E-state index in [0.717, 1.165) is 54.7 Å². The van der Waals surface area contributed by atoms with Gasteiger partial charge in [0.2, 0.25) is 0 Å². The molecule has 134 valence electrons. The predicted molar refractivity (Wildman–Crippen MR) is 99.6 cm³/mol. The number of aromatic nitrogens is 6. The second-order valence-corrected chi connectivity index (χ2v) is 6.83. The third-order valence-electron chi connectivity index (χ3n) is 5.13. The van der Waals surface area contributed by atoms with Crippen LogP contribution in [0.4, 0.5) is 5.82 Å². The number of hydrogen-bond acceptors (Lipinski definition) is 6.